The van der Waals surface area contributed by atoms with E-state index in [4.69, 9.17) is 4.74 Å². The van der Waals surface area contributed by atoms with Crippen molar-refractivity contribution in [3.8, 4) is 0 Å². The molecule has 1 atom stereocenters. The van der Waals surface area contributed by atoms with Gasteiger partial charge < -0.3 is 9.64 Å². The van der Waals surface area contributed by atoms with Gasteiger partial charge in [-0.2, -0.15) is 0 Å². The summed E-state index contributed by atoms with van der Waals surface area (Å²) in [7, 11) is 0. The zero-order valence-corrected chi connectivity index (χ0v) is 11.8. The molecular formula is C12H21BrN2O2. The van der Waals surface area contributed by atoms with Crippen molar-refractivity contribution in [1.29, 1.82) is 0 Å². The van der Waals surface area contributed by atoms with Gasteiger partial charge in [0.1, 0.15) is 0 Å². The minimum absolute atomic E-state index is 0.212. The molecular weight excluding hydrogens is 284 g/mol. The van der Waals surface area contributed by atoms with Gasteiger partial charge in [-0.3, -0.25) is 9.69 Å². The maximum atomic E-state index is 11.6. The number of nitrogens with zero attached hydrogens (tertiary/aromatic N) is 2. The fourth-order valence-electron chi connectivity index (χ4n) is 2.56. The van der Waals surface area contributed by atoms with Gasteiger partial charge in [0.05, 0.1) is 11.4 Å². The van der Waals surface area contributed by atoms with Crippen LogP contribution in [0.4, 0.5) is 0 Å². The van der Waals surface area contributed by atoms with Crippen molar-refractivity contribution in [2.24, 2.45) is 0 Å². The largest absolute Gasteiger partial charge is 0.377 e. The van der Waals surface area contributed by atoms with Gasteiger partial charge in [0.25, 0.3) is 0 Å². The maximum absolute atomic E-state index is 11.6. The van der Waals surface area contributed by atoms with Gasteiger partial charge in [-0.1, -0.05) is 15.9 Å². The highest BCUT2D eigenvalue weighted by Gasteiger charge is 2.22. The van der Waals surface area contributed by atoms with Gasteiger partial charge in [-0.05, 0) is 25.8 Å². The molecule has 2 aliphatic heterocycles. The molecule has 17 heavy (non-hydrogen) atoms. The van der Waals surface area contributed by atoms with E-state index in [1.54, 1.807) is 0 Å². The highest BCUT2D eigenvalue weighted by atomic mass is 79.9. The molecule has 2 fully saturated rings. The third-order valence-electron chi connectivity index (χ3n) is 3.54. The van der Waals surface area contributed by atoms with E-state index in [0.717, 1.165) is 45.8 Å². The number of carbonyl (C=O) groups excluding carboxylic acids is 1. The van der Waals surface area contributed by atoms with Crippen LogP contribution >= 0.6 is 15.9 Å². The van der Waals surface area contributed by atoms with Gasteiger partial charge in [0, 0.05) is 32.8 Å². The first-order valence-electron chi connectivity index (χ1n) is 6.47. The van der Waals surface area contributed by atoms with E-state index in [1.807, 2.05) is 4.90 Å². The second-order valence-electron chi connectivity index (χ2n) is 4.80. The van der Waals surface area contributed by atoms with Crippen LogP contribution in [0.15, 0.2) is 0 Å². The van der Waals surface area contributed by atoms with Crippen LogP contribution in [0.25, 0.3) is 0 Å². The molecule has 0 aromatic carbocycles. The van der Waals surface area contributed by atoms with E-state index in [-0.39, 0.29) is 5.91 Å². The Labute approximate surface area is 111 Å². The second kappa shape index (κ2) is 6.71. The Hall–Kier alpha value is -0.130. The molecule has 0 aliphatic carbocycles. The fourth-order valence-corrected chi connectivity index (χ4v) is 2.92. The van der Waals surface area contributed by atoms with Crippen LogP contribution in [0.3, 0.4) is 0 Å². The molecule has 0 saturated carbocycles. The summed E-state index contributed by atoms with van der Waals surface area (Å²) < 4.78 is 5.66. The summed E-state index contributed by atoms with van der Waals surface area (Å²) in [6.45, 7) is 5.79. The lowest BCUT2D eigenvalue weighted by Gasteiger charge is -2.23. The van der Waals surface area contributed by atoms with Crippen LogP contribution in [0.1, 0.15) is 19.3 Å². The number of rotatable bonds is 3. The van der Waals surface area contributed by atoms with Crippen LogP contribution in [0.2, 0.25) is 0 Å². The first-order valence-corrected chi connectivity index (χ1v) is 7.59. The summed E-state index contributed by atoms with van der Waals surface area (Å²) >= 11 is 3.24. The number of carbonyl (C=O) groups is 1. The molecule has 1 amide bonds. The highest BCUT2D eigenvalue weighted by Crippen LogP contribution is 2.14. The van der Waals surface area contributed by atoms with Gasteiger partial charge in [0.15, 0.2) is 0 Å². The van der Waals surface area contributed by atoms with E-state index < -0.39 is 0 Å². The topological polar surface area (TPSA) is 32.8 Å². The van der Waals surface area contributed by atoms with Crippen LogP contribution < -0.4 is 0 Å². The monoisotopic (exact) mass is 304 g/mol. The third-order valence-corrected chi connectivity index (χ3v) is 4.02. The first-order chi connectivity index (χ1) is 8.29. The smallest absolute Gasteiger partial charge is 0.233 e. The van der Waals surface area contributed by atoms with Crippen LogP contribution in [0.5, 0.6) is 0 Å². The van der Waals surface area contributed by atoms with E-state index in [9.17, 15) is 4.79 Å². The normalized spacial score (nSPS) is 27.1. The average Bonchev–Trinajstić information content (AvgIpc) is 2.73. The van der Waals surface area contributed by atoms with Gasteiger partial charge >= 0.3 is 0 Å². The molecule has 2 saturated heterocycles. The first kappa shape index (κ1) is 13.3. The molecule has 0 radical (unpaired) electrons. The molecule has 0 aromatic heterocycles. The maximum Gasteiger partial charge on any atom is 0.233 e. The van der Waals surface area contributed by atoms with Crippen molar-refractivity contribution < 1.29 is 9.53 Å². The zero-order chi connectivity index (χ0) is 12.1. The summed E-state index contributed by atoms with van der Waals surface area (Å²) in [5.41, 5.74) is 0. The molecule has 2 heterocycles. The Morgan fingerprint density at radius 1 is 1.24 bits per heavy atom. The Morgan fingerprint density at radius 2 is 2.12 bits per heavy atom. The van der Waals surface area contributed by atoms with Gasteiger partial charge in [-0.15, -0.1) is 0 Å². The molecule has 2 rings (SSSR count). The summed E-state index contributed by atoms with van der Waals surface area (Å²) in [6, 6.07) is 0. The molecule has 0 spiro atoms. The molecule has 1 unspecified atom stereocenters. The van der Waals surface area contributed by atoms with Crippen molar-refractivity contribution in [2.75, 3.05) is 44.7 Å². The van der Waals surface area contributed by atoms with E-state index in [0.29, 0.717) is 11.4 Å². The molecule has 0 bridgehead atoms. The van der Waals surface area contributed by atoms with Gasteiger partial charge in [0.2, 0.25) is 5.91 Å². The van der Waals surface area contributed by atoms with Crippen molar-refractivity contribution in [2.45, 2.75) is 25.4 Å². The number of amides is 1. The molecule has 0 aromatic rings. The zero-order valence-electron chi connectivity index (χ0n) is 10.2. The molecule has 98 valence electrons. The predicted molar refractivity (Wildman–Crippen MR) is 70.4 cm³/mol. The molecule has 2 aliphatic rings. The van der Waals surface area contributed by atoms with Crippen LogP contribution in [-0.4, -0.2) is 66.5 Å². The summed E-state index contributed by atoms with van der Waals surface area (Å²) in [5, 5.41) is 0.443. The van der Waals surface area contributed by atoms with Crippen LogP contribution in [0, 0.1) is 0 Å². The van der Waals surface area contributed by atoms with Crippen molar-refractivity contribution in [3.63, 3.8) is 0 Å². The lowest BCUT2D eigenvalue weighted by Crippen LogP contribution is -2.37. The number of alkyl halides is 1. The SMILES string of the molecule is O=C(CBr)N1CCCN(CC2CCCO2)CC1. The minimum Gasteiger partial charge on any atom is -0.377 e. The highest BCUT2D eigenvalue weighted by molar-refractivity contribution is 9.09. The minimum atomic E-state index is 0.212. The number of hydrogen-bond donors (Lipinski definition) is 0. The van der Waals surface area contributed by atoms with E-state index >= 15 is 0 Å². The average molecular weight is 305 g/mol. The molecule has 4 nitrogen and oxygen atoms in total. The third kappa shape index (κ3) is 3.93. The predicted octanol–water partition coefficient (Wildman–Crippen LogP) is 1.09. The van der Waals surface area contributed by atoms with Gasteiger partial charge in [-0.25, -0.2) is 0 Å². The quantitative estimate of drug-likeness (QED) is 0.732. The lowest BCUT2D eigenvalue weighted by atomic mass is 10.2. The number of halogens is 1. The standard InChI is InChI=1S/C12H21BrN2O2/c13-9-12(16)15-5-2-4-14(6-7-15)10-11-3-1-8-17-11/h11H,1-10H2. The Balaban J connectivity index is 1.76. The van der Waals surface area contributed by atoms with E-state index in [2.05, 4.69) is 20.8 Å². The lowest BCUT2D eigenvalue weighted by molar-refractivity contribution is -0.128. The van der Waals surface area contributed by atoms with Crippen molar-refractivity contribution >= 4 is 21.8 Å². The number of ether oxygens (including phenoxy) is 1. The van der Waals surface area contributed by atoms with Crippen molar-refractivity contribution in [1.82, 2.24) is 9.80 Å². The van der Waals surface area contributed by atoms with Crippen LogP contribution in [-0.2, 0) is 9.53 Å². The van der Waals surface area contributed by atoms with Crippen molar-refractivity contribution in [3.05, 3.63) is 0 Å². The molecule has 0 N–H and O–H groups in total. The Kier molecular flexibility index (Phi) is 5.25. The molecule has 5 heteroatoms. The summed E-state index contributed by atoms with van der Waals surface area (Å²) in [5.74, 6) is 0.212. The summed E-state index contributed by atoms with van der Waals surface area (Å²) in [6.07, 6.45) is 3.90. The van der Waals surface area contributed by atoms with E-state index in [1.165, 1.54) is 12.8 Å². The second-order valence-corrected chi connectivity index (χ2v) is 5.36. The summed E-state index contributed by atoms with van der Waals surface area (Å²) in [4.78, 5) is 16.0. The Morgan fingerprint density at radius 3 is 2.82 bits per heavy atom. The Bertz CT molecular complexity index is 257. The number of hydrogen-bond acceptors (Lipinski definition) is 3. The fraction of sp³-hybridized carbons (Fsp3) is 0.917.